The fourth-order valence-corrected chi connectivity index (χ4v) is 2.13. The quantitative estimate of drug-likeness (QED) is 0.905. The molecule has 17 heavy (non-hydrogen) atoms. The molecule has 0 atom stereocenters. The molecule has 0 spiro atoms. The topological polar surface area (TPSA) is 47.0 Å². The minimum atomic E-state index is 0.587. The Hall–Kier alpha value is -1.46. The van der Waals surface area contributed by atoms with E-state index in [0.29, 0.717) is 11.7 Å². The fraction of sp³-hybridized carbons (Fsp3) is 0.333. The number of ether oxygens (including phenoxy) is 1. The summed E-state index contributed by atoms with van der Waals surface area (Å²) in [6.45, 7) is 4.77. The molecule has 0 saturated heterocycles. The van der Waals surface area contributed by atoms with E-state index in [9.17, 15) is 0 Å². The highest BCUT2D eigenvalue weighted by Gasteiger charge is 2.07. The lowest BCUT2D eigenvalue weighted by atomic mass is 10.1. The van der Waals surface area contributed by atoms with Crippen molar-refractivity contribution in [1.29, 1.82) is 0 Å². The van der Waals surface area contributed by atoms with Gasteiger partial charge in [-0.25, -0.2) is 0 Å². The largest absolute Gasteiger partial charge is 0.430 e. The van der Waals surface area contributed by atoms with Gasteiger partial charge in [0.1, 0.15) is 10.8 Å². The zero-order valence-electron chi connectivity index (χ0n) is 10.2. The Morgan fingerprint density at radius 1 is 1.29 bits per heavy atom. The molecule has 0 fully saturated rings. The fourth-order valence-electron chi connectivity index (χ4n) is 1.41. The van der Waals surface area contributed by atoms with Crippen molar-refractivity contribution in [3.63, 3.8) is 0 Å². The normalized spacial score (nSPS) is 10.5. The van der Waals surface area contributed by atoms with E-state index in [4.69, 9.17) is 4.74 Å². The average Bonchev–Trinajstić information content (AvgIpc) is 2.72. The monoisotopic (exact) mass is 249 g/mol. The molecule has 0 aliphatic heterocycles. The van der Waals surface area contributed by atoms with E-state index in [1.165, 1.54) is 16.9 Å². The van der Waals surface area contributed by atoms with Crippen LogP contribution >= 0.6 is 11.3 Å². The van der Waals surface area contributed by atoms with Crippen LogP contribution in [-0.4, -0.2) is 17.2 Å². The Kier molecular flexibility index (Phi) is 3.71. The molecular formula is C12H15N3OS. The van der Waals surface area contributed by atoms with Gasteiger partial charge in [-0.2, -0.15) is 0 Å². The lowest BCUT2D eigenvalue weighted by Gasteiger charge is -2.05. The van der Waals surface area contributed by atoms with Gasteiger partial charge < -0.3 is 10.1 Å². The Balaban J connectivity index is 2.16. The van der Waals surface area contributed by atoms with Crippen molar-refractivity contribution in [3.8, 4) is 10.9 Å². The van der Waals surface area contributed by atoms with Crippen LogP contribution < -0.4 is 10.1 Å². The summed E-state index contributed by atoms with van der Waals surface area (Å²) >= 11 is 1.46. The molecule has 1 aromatic heterocycles. The van der Waals surface area contributed by atoms with Crippen LogP contribution in [0.1, 0.15) is 16.1 Å². The molecule has 0 saturated carbocycles. The van der Waals surface area contributed by atoms with Crippen LogP contribution in [0, 0.1) is 13.8 Å². The Morgan fingerprint density at radius 3 is 2.88 bits per heavy atom. The second-order valence-electron chi connectivity index (χ2n) is 3.86. The molecular weight excluding hydrogens is 234 g/mol. The van der Waals surface area contributed by atoms with Crippen molar-refractivity contribution < 1.29 is 4.74 Å². The van der Waals surface area contributed by atoms with Gasteiger partial charge in [0, 0.05) is 6.54 Å². The highest BCUT2D eigenvalue weighted by atomic mass is 32.1. The Morgan fingerprint density at radius 2 is 2.12 bits per heavy atom. The number of nitrogens with zero attached hydrogens (tertiary/aromatic N) is 2. The molecule has 5 heteroatoms. The van der Waals surface area contributed by atoms with Crippen molar-refractivity contribution in [2.45, 2.75) is 20.4 Å². The third-order valence-corrected chi connectivity index (χ3v) is 3.12. The zero-order chi connectivity index (χ0) is 12.3. The van der Waals surface area contributed by atoms with Gasteiger partial charge in [0.25, 0.3) is 5.19 Å². The highest BCUT2D eigenvalue weighted by molar-refractivity contribution is 7.13. The number of hydrogen-bond donors (Lipinski definition) is 1. The smallest absolute Gasteiger partial charge is 0.299 e. The van der Waals surface area contributed by atoms with Crippen molar-refractivity contribution in [2.75, 3.05) is 7.05 Å². The summed E-state index contributed by atoms with van der Waals surface area (Å²) in [5.74, 6) is 0.845. The molecule has 1 N–H and O–H groups in total. The summed E-state index contributed by atoms with van der Waals surface area (Å²) in [5, 5.41) is 12.6. The molecule has 0 unspecified atom stereocenters. The molecule has 0 bridgehead atoms. The van der Waals surface area contributed by atoms with E-state index in [0.717, 1.165) is 16.3 Å². The number of rotatable bonds is 4. The van der Waals surface area contributed by atoms with Gasteiger partial charge in [0.2, 0.25) is 0 Å². The summed E-state index contributed by atoms with van der Waals surface area (Å²) in [7, 11) is 1.88. The number of benzene rings is 1. The van der Waals surface area contributed by atoms with E-state index in [1.807, 2.05) is 33.0 Å². The average molecular weight is 249 g/mol. The standard InChI is InChI=1S/C12H15N3OS/c1-8-4-5-9(2)10(6-8)16-12-15-14-11(17-12)7-13-3/h4-6,13H,7H2,1-3H3. The van der Waals surface area contributed by atoms with Crippen LogP contribution in [0.15, 0.2) is 18.2 Å². The first-order valence-corrected chi connectivity index (χ1v) is 6.23. The van der Waals surface area contributed by atoms with E-state index in [1.54, 1.807) is 0 Å². The van der Waals surface area contributed by atoms with Crippen LogP contribution in [0.3, 0.4) is 0 Å². The van der Waals surface area contributed by atoms with Crippen LogP contribution in [0.4, 0.5) is 0 Å². The lowest BCUT2D eigenvalue weighted by Crippen LogP contribution is -2.04. The third-order valence-electron chi connectivity index (χ3n) is 2.32. The second kappa shape index (κ2) is 5.25. The van der Waals surface area contributed by atoms with E-state index >= 15 is 0 Å². The summed E-state index contributed by atoms with van der Waals surface area (Å²) in [6, 6.07) is 6.11. The van der Waals surface area contributed by atoms with Crippen LogP contribution in [0.25, 0.3) is 0 Å². The molecule has 90 valence electrons. The SMILES string of the molecule is CNCc1nnc(Oc2cc(C)ccc2C)s1. The molecule has 0 aliphatic carbocycles. The van der Waals surface area contributed by atoms with E-state index in [2.05, 4.69) is 21.6 Å². The molecule has 0 aliphatic rings. The van der Waals surface area contributed by atoms with Crippen molar-refractivity contribution in [3.05, 3.63) is 34.3 Å². The maximum absolute atomic E-state index is 5.73. The van der Waals surface area contributed by atoms with E-state index in [-0.39, 0.29) is 0 Å². The van der Waals surface area contributed by atoms with Gasteiger partial charge in [-0.3, -0.25) is 0 Å². The van der Waals surface area contributed by atoms with Crippen LogP contribution in [0.2, 0.25) is 0 Å². The molecule has 2 aromatic rings. The van der Waals surface area contributed by atoms with Crippen molar-refractivity contribution in [1.82, 2.24) is 15.5 Å². The lowest BCUT2D eigenvalue weighted by molar-refractivity contribution is 0.469. The third kappa shape index (κ3) is 3.01. The zero-order valence-corrected chi connectivity index (χ0v) is 11.0. The van der Waals surface area contributed by atoms with Gasteiger partial charge >= 0.3 is 0 Å². The second-order valence-corrected chi connectivity index (χ2v) is 4.89. The number of nitrogens with one attached hydrogen (secondary N) is 1. The molecule has 1 aromatic carbocycles. The summed E-state index contributed by atoms with van der Waals surface area (Å²) in [4.78, 5) is 0. The van der Waals surface area contributed by atoms with Crippen molar-refractivity contribution in [2.24, 2.45) is 0 Å². The highest BCUT2D eigenvalue weighted by Crippen LogP contribution is 2.28. The molecule has 1 heterocycles. The summed E-state index contributed by atoms with van der Waals surface area (Å²) < 4.78 is 5.73. The van der Waals surface area contributed by atoms with Gasteiger partial charge in [0.05, 0.1) is 0 Å². The number of hydrogen-bond acceptors (Lipinski definition) is 5. The predicted molar refractivity (Wildman–Crippen MR) is 68.7 cm³/mol. The van der Waals surface area contributed by atoms with Gasteiger partial charge in [0.15, 0.2) is 0 Å². The van der Waals surface area contributed by atoms with E-state index < -0.39 is 0 Å². The first-order valence-electron chi connectivity index (χ1n) is 5.41. The first kappa shape index (κ1) is 12.0. The molecule has 2 rings (SSSR count). The molecule has 0 amide bonds. The number of aromatic nitrogens is 2. The molecule has 4 nitrogen and oxygen atoms in total. The Bertz CT molecular complexity index is 510. The van der Waals surface area contributed by atoms with Gasteiger partial charge in [-0.1, -0.05) is 28.6 Å². The van der Waals surface area contributed by atoms with Crippen LogP contribution in [0.5, 0.6) is 10.9 Å². The predicted octanol–water partition coefficient (Wildman–Crippen LogP) is 2.67. The maximum Gasteiger partial charge on any atom is 0.299 e. The minimum Gasteiger partial charge on any atom is -0.430 e. The minimum absolute atomic E-state index is 0.587. The van der Waals surface area contributed by atoms with Gasteiger partial charge in [-0.05, 0) is 38.1 Å². The van der Waals surface area contributed by atoms with Gasteiger partial charge in [-0.15, -0.1) is 5.10 Å². The summed E-state index contributed by atoms with van der Waals surface area (Å²) in [6.07, 6.45) is 0. The number of aryl methyl sites for hydroxylation is 2. The maximum atomic E-state index is 5.73. The van der Waals surface area contributed by atoms with Crippen molar-refractivity contribution >= 4 is 11.3 Å². The van der Waals surface area contributed by atoms with Crippen LogP contribution in [-0.2, 0) is 6.54 Å². The summed E-state index contributed by atoms with van der Waals surface area (Å²) in [5.41, 5.74) is 2.27. The first-order chi connectivity index (χ1) is 8.19. The molecule has 0 radical (unpaired) electrons. The Labute approximate surface area is 105 Å².